The summed E-state index contributed by atoms with van der Waals surface area (Å²) >= 11 is 5.87. The van der Waals surface area contributed by atoms with Gasteiger partial charge in [0.15, 0.2) is 5.76 Å². The topological polar surface area (TPSA) is 55.1 Å². The predicted molar refractivity (Wildman–Crippen MR) is 104 cm³/mol. The molecule has 4 nitrogen and oxygen atoms in total. The van der Waals surface area contributed by atoms with E-state index in [9.17, 15) is 4.79 Å². The van der Waals surface area contributed by atoms with Crippen molar-refractivity contribution in [2.45, 2.75) is 13.3 Å². The number of halogens is 1. The Balaban J connectivity index is 1.49. The van der Waals surface area contributed by atoms with Gasteiger partial charge >= 0.3 is 0 Å². The lowest BCUT2D eigenvalue weighted by Crippen LogP contribution is -2.25. The van der Waals surface area contributed by atoms with E-state index in [0.29, 0.717) is 17.3 Å². The molecule has 4 aromatic rings. The lowest BCUT2D eigenvalue weighted by molar-refractivity contribution is 0.0928. The zero-order valence-electron chi connectivity index (χ0n) is 14.3. The van der Waals surface area contributed by atoms with Gasteiger partial charge < -0.3 is 9.73 Å². The van der Waals surface area contributed by atoms with Crippen LogP contribution in [0.15, 0.2) is 59.0 Å². The van der Waals surface area contributed by atoms with Crippen molar-refractivity contribution in [2.75, 3.05) is 6.54 Å². The van der Waals surface area contributed by atoms with Crippen LogP contribution in [-0.2, 0) is 6.42 Å². The van der Waals surface area contributed by atoms with Crippen molar-refractivity contribution in [2.24, 2.45) is 0 Å². The molecule has 5 heteroatoms. The number of carbonyl (C=O) groups excluding carboxylic acids is 1. The van der Waals surface area contributed by atoms with Gasteiger partial charge in [-0.05, 0) is 54.8 Å². The van der Waals surface area contributed by atoms with Crippen molar-refractivity contribution in [3.63, 3.8) is 0 Å². The third-order valence-corrected chi connectivity index (χ3v) is 4.55. The molecule has 0 atom stereocenters. The molecule has 1 amide bonds. The maximum atomic E-state index is 12.4. The van der Waals surface area contributed by atoms with E-state index in [1.54, 1.807) is 6.07 Å². The number of rotatable bonds is 4. The van der Waals surface area contributed by atoms with Gasteiger partial charge in [-0.1, -0.05) is 35.9 Å². The number of aromatic nitrogens is 1. The van der Waals surface area contributed by atoms with Gasteiger partial charge in [-0.15, -0.1) is 0 Å². The highest BCUT2D eigenvalue weighted by Crippen LogP contribution is 2.23. The van der Waals surface area contributed by atoms with Crippen LogP contribution in [0.3, 0.4) is 0 Å². The molecule has 0 aliphatic heterocycles. The van der Waals surface area contributed by atoms with Gasteiger partial charge in [0.2, 0.25) is 5.71 Å². The summed E-state index contributed by atoms with van der Waals surface area (Å²) in [6, 6.07) is 17.4. The van der Waals surface area contributed by atoms with E-state index in [1.807, 2.05) is 55.5 Å². The first kappa shape index (κ1) is 16.6. The fourth-order valence-corrected chi connectivity index (χ4v) is 3.03. The molecule has 0 bridgehead atoms. The molecule has 2 aromatic carbocycles. The lowest BCUT2D eigenvalue weighted by atomic mass is 10.1. The van der Waals surface area contributed by atoms with Crippen LogP contribution in [0.4, 0.5) is 0 Å². The van der Waals surface area contributed by atoms with E-state index in [0.717, 1.165) is 33.8 Å². The molecule has 26 heavy (non-hydrogen) atoms. The largest absolute Gasteiger partial charge is 0.433 e. The summed E-state index contributed by atoms with van der Waals surface area (Å²) in [4.78, 5) is 16.9. The Labute approximate surface area is 155 Å². The summed E-state index contributed by atoms with van der Waals surface area (Å²) in [5.74, 6) is 0.0350. The number of amides is 1. The molecule has 0 saturated carbocycles. The smallest absolute Gasteiger partial charge is 0.287 e. The number of furan rings is 1. The molecule has 4 rings (SSSR count). The van der Waals surface area contributed by atoms with Gasteiger partial charge in [-0.25, -0.2) is 4.98 Å². The van der Waals surface area contributed by atoms with Gasteiger partial charge in [0.25, 0.3) is 5.91 Å². The van der Waals surface area contributed by atoms with Crippen molar-refractivity contribution in [1.82, 2.24) is 10.3 Å². The minimum atomic E-state index is -0.239. The highest BCUT2D eigenvalue weighted by Gasteiger charge is 2.13. The average molecular weight is 365 g/mol. The van der Waals surface area contributed by atoms with Crippen LogP contribution in [-0.4, -0.2) is 17.4 Å². The van der Waals surface area contributed by atoms with Gasteiger partial charge in [-0.2, -0.15) is 0 Å². The lowest BCUT2D eigenvalue weighted by Gasteiger charge is -2.03. The maximum absolute atomic E-state index is 12.4. The second-order valence-corrected chi connectivity index (χ2v) is 6.76. The molecule has 0 aliphatic rings. The van der Waals surface area contributed by atoms with Crippen molar-refractivity contribution < 1.29 is 9.21 Å². The molecular weight excluding hydrogens is 348 g/mol. The van der Waals surface area contributed by atoms with Crippen LogP contribution in [0.25, 0.3) is 22.0 Å². The molecular formula is C21H17ClN2O2. The molecule has 0 spiro atoms. The summed E-state index contributed by atoms with van der Waals surface area (Å²) in [7, 11) is 0. The number of nitrogens with one attached hydrogen (secondary N) is 1. The number of benzene rings is 2. The summed E-state index contributed by atoms with van der Waals surface area (Å²) in [5, 5.41) is 5.43. The van der Waals surface area contributed by atoms with Crippen molar-refractivity contribution in [1.29, 1.82) is 0 Å². The van der Waals surface area contributed by atoms with E-state index in [1.165, 1.54) is 0 Å². The Bertz CT molecular complexity index is 1100. The highest BCUT2D eigenvalue weighted by atomic mass is 35.5. The van der Waals surface area contributed by atoms with Gasteiger partial charge in [0, 0.05) is 22.3 Å². The second kappa shape index (κ2) is 6.81. The number of fused-ring (bicyclic) bond motifs is 2. The maximum Gasteiger partial charge on any atom is 0.287 e. The van der Waals surface area contributed by atoms with Crippen LogP contribution in [0, 0.1) is 6.92 Å². The molecule has 130 valence electrons. The highest BCUT2D eigenvalue weighted by molar-refractivity contribution is 6.30. The third-order valence-electron chi connectivity index (χ3n) is 4.30. The number of nitrogens with zero attached hydrogens (tertiary/aromatic N) is 1. The second-order valence-electron chi connectivity index (χ2n) is 6.32. The Morgan fingerprint density at radius 3 is 2.69 bits per heavy atom. The zero-order valence-corrected chi connectivity index (χ0v) is 15.0. The molecule has 2 heterocycles. The number of aryl methyl sites for hydroxylation is 1. The fraction of sp³-hybridized carbons (Fsp3) is 0.143. The van der Waals surface area contributed by atoms with Crippen LogP contribution in [0.2, 0.25) is 5.02 Å². The zero-order chi connectivity index (χ0) is 18.1. The molecule has 2 aromatic heterocycles. The molecule has 0 saturated heterocycles. The van der Waals surface area contributed by atoms with E-state index in [-0.39, 0.29) is 11.7 Å². The van der Waals surface area contributed by atoms with Crippen LogP contribution in [0.1, 0.15) is 21.7 Å². The van der Waals surface area contributed by atoms with E-state index in [4.69, 9.17) is 16.0 Å². The van der Waals surface area contributed by atoms with Crippen LogP contribution < -0.4 is 5.32 Å². The molecule has 0 fully saturated rings. The first-order valence-corrected chi connectivity index (χ1v) is 8.80. The first-order chi connectivity index (χ1) is 12.6. The minimum absolute atomic E-state index is 0.239. The monoisotopic (exact) mass is 364 g/mol. The summed E-state index contributed by atoms with van der Waals surface area (Å²) in [5.41, 5.74) is 3.59. The van der Waals surface area contributed by atoms with E-state index >= 15 is 0 Å². The van der Waals surface area contributed by atoms with Crippen molar-refractivity contribution >= 4 is 39.5 Å². The molecule has 0 aliphatic carbocycles. The molecule has 1 N–H and O–H groups in total. The Kier molecular flexibility index (Phi) is 4.35. The number of carbonyl (C=O) groups is 1. The fourth-order valence-electron chi connectivity index (χ4n) is 2.91. The van der Waals surface area contributed by atoms with E-state index < -0.39 is 0 Å². The van der Waals surface area contributed by atoms with Crippen molar-refractivity contribution in [3.05, 3.63) is 76.5 Å². The molecule has 0 unspecified atom stereocenters. The minimum Gasteiger partial charge on any atom is -0.433 e. The normalized spacial score (nSPS) is 11.2. The summed E-state index contributed by atoms with van der Waals surface area (Å²) < 4.78 is 5.66. The summed E-state index contributed by atoms with van der Waals surface area (Å²) in [6.07, 6.45) is 0.727. The Morgan fingerprint density at radius 2 is 1.88 bits per heavy atom. The summed E-state index contributed by atoms with van der Waals surface area (Å²) in [6.45, 7) is 2.54. The SMILES string of the molecule is Cc1ccc2cc3cc(C(=O)NCCc4ccc(Cl)cc4)oc3nc2c1. The van der Waals surface area contributed by atoms with Gasteiger partial charge in [0.05, 0.1) is 5.52 Å². The predicted octanol–water partition coefficient (Wildman–Crippen LogP) is 4.92. The van der Waals surface area contributed by atoms with Crippen molar-refractivity contribution in [3.8, 4) is 0 Å². The number of hydrogen-bond donors (Lipinski definition) is 1. The molecule has 0 radical (unpaired) electrons. The standard InChI is InChI=1S/C21H17ClN2O2/c1-13-2-5-15-11-16-12-19(26-21(16)24-18(15)10-13)20(25)23-9-8-14-3-6-17(22)7-4-14/h2-7,10-12H,8-9H2,1H3,(H,23,25). The van der Waals surface area contributed by atoms with Crippen LogP contribution in [0.5, 0.6) is 0 Å². The average Bonchev–Trinajstić information content (AvgIpc) is 3.04. The van der Waals surface area contributed by atoms with E-state index in [2.05, 4.69) is 10.3 Å². The first-order valence-electron chi connectivity index (χ1n) is 8.42. The third kappa shape index (κ3) is 3.41. The number of hydrogen-bond acceptors (Lipinski definition) is 3. The quantitative estimate of drug-likeness (QED) is 0.559. The Hall–Kier alpha value is -2.85. The van der Waals surface area contributed by atoms with Gasteiger partial charge in [-0.3, -0.25) is 4.79 Å². The van der Waals surface area contributed by atoms with Crippen LogP contribution >= 0.6 is 11.6 Å². The van der Waals surface area contributed by atoms with Gasteiger partial charge in [0.1, 0.15) is 0 Å². The Morgan fingerprint density at radius 1 is 1.08 bits per heavy atom. The number of pyridine rings is 1.